The van der Waals surface area contributed by atoms with Crippen molar-refractivity contribution in [3.8, 4) is 0 Å². The summed E-state index contributed by atoms with van der Waals surface area (Å²) in [6, 6.07) is 25.9. The second kappa shape index (κ2) is 11.1. The summed E-state index contributed by atoms with van der Waals surface area (Å²) in [5.41, 5.74) is -1.70. The molecule has 0 amide bonds. The van der Waals surface area contributed by atoms with Gasteiger partial charge in [0.15, 0.2) is 5.41 Å². The van der Waals surface area contributed by atoms with E-state index in [0.717, 1.165) is 15.9 Å². The molecule has 0 heterocycles. The topological polar surface area (TPSA) is 61.8 Å². The molecule has 5 nitrogen and oxygen atoms in total. The zero-order chi connectivity index (χ0) is 28.5. The van der Waals surface area contributed by atoms with Crippen LogP contribution in [0.4, 0.5) is 0 Å². The number of benzene rings is 3. The standard InChI is InChI=1S/C31H34Cl2O5Si/c1-29(2,3)39(23-12-8-6-9-13-23,24-14-10-7-11-15-24)38-19-18-30(22-16-17-25(32)26(33)20-22)21-31(30,27(34)36-4)28(35)37-5/h6-17,20H,18-19,21H2,1-5H3. The first-order chi connectivity index (χ1) is 18.5. The van der Waals surface area contributed by atoms with Crippen LogP contribution in [0.1, 0.15) is 39.2 Å². The van der Waals surface area contributed by atoms with Crippen LogP contribution in [0.5, 0.6) is 0 Å². The summed E-state index contributed by atoms with van der Waals surface area (Å²) in [5, 5.41) is 2.81. The van der Waals surface area contributed by atoms with E-state index in [4.69, 9.17) is 37.1 Å². The van der Waals surface area contributed by atoms with Gasteiger partial charge < -0.3 is 13.9 Å². The van der Waals surface area contributed by atoms with Crippen molar-refractivity contribution in [3.05, 3.63) is 94.5 Å². The van der Waals surface area contributed by atoms with Crippen molar-refractivity contribution in [1.29, 1.82) is 0 Å². The second-order valence-electron chi connectivity index (χ2n) is 11.0. The molecule has 0 aromatic heterocycles. The van der Waals surface area contributed by atoms with Gasteiger partial charge in [-0.2, -0.15) is 0 Å². The number of rotatable bonds is 9. The second-order valence-corrected chi connectivity index (χ2v) is 16.2. The Morgan fingerprint density at radius 1 is 0.821 bits per heavy atom. The van der Waals surface area contributed by atoms with Crippen molar-refractivity contribution < 1.29 is 23.5 Å². The predicted octanol–water partition coefficient (Wildman–Crippen LogP) is 5.93. The summed E-state index contributed by atoms with van der Waals surface area (Å²) in [6.07, 6.45) is 0.598. The minimum atomic E-state index is -2.84. The van der Waals surface area contributed by atoms with Crippen LogP contribution in [-0.2, 0) is 28.9 Å². The SMILES string of the molecule is COC(=O)C1(C(=O)OC)CC1(CCO[Si](c1ccccc1)(c1ccccc1)C(C)(C)C)c1ccc(Cl)c(Cl)c1. The van der Waals surface area contributed by atoms with Crippen LogP contribution >= 0.6 is 23.2 Å². The Labute approximate surface area is 241 Å². The van der Waals surface area contributed by atoms with Gasteiger partial charge in [-0.05, 0) is 45.9 Å². The minimum absolute atomic E-state index is 0.224. The van der Waals surface area contributed by atoms with Crippen molar-refractivity contribution >= 4 is 53.8 Å². The maximum absolute atomic E-state index is 13.2. The van der Waals surface area contributed by atoms with E-state index in [-0.39, 0.29) is 11.5 Å². The maximum Gasteiger partial charge on any atom is 0.324 e. The Kier molecular flexibility index (Phi) is 8.34. The highest BCUT2D eigenvalue weighted by molar-refractivity contribution is 6.99. The quantitative estimate of drug-likeness (QED) is 0.177. The molecular weight excluding hydrogens is 551 g/mol. The van der Waals surface area contributed by atoms with Gasteiger partial charge in [0.05, 0.1) is 24.3 Å². The van der Waals surface area contributed by atoms with Crippen LogP contribution < -0.4 is 10.4 Å². The molecule has 1 unspecified atom stereocenters. The molecule has 1 aliphatic rings. The summed E-state index contributed by atoms with van der Waals surface area (Å²) >= 11 is 12.6. The molecule has 0 aliphatic heterocycles. The fraction of sp³-hybridized carbons (Fsp3) is 0.355. The Hall–Kier alpha value is -2.64. The monoisotopic (exact) mass is 584 g/mol. The molecule has 8 heteroatoms. The van der Waals surface area contributed by atoms with Crippen molar-refractivity contribution in [3.63, 3.8) is 0 Å². The van der Waals surface area contributed by atoms with E-state index in [2.05, 4.69) is 45.0 Å². The largest absolute Gasteiger partial charge is 0.468 e. The van der Waals surface area contributed by atoms with Crippen molar-refractivity contribution in [2.75, 3.05) is 20.8 Å². The normalized spacial score (nSPS) is 18.3. The molecule has 206 valence electrons. The van der Waals surface area contributed by atoms with E-state index in [1.165, 1.54) is 14.2 Å². The molecule has 0 spiro atoms. The van der Waals surface area contributed by atoms with Crippen LogP contribution in [0.25, 0.3) is 0 Å². The highest BCUT2D eigenvalue weighted by Crippen LogP contribution is 2.68. The van der Waals surface area contributed by atoms with Crippen molar-refractivity contribution in [1.82, 2.24) is 0 Å². The zero-order valence-electron chi connectivity index (χ0n) is 22.9. The number of hydrogen-bond acceptors (Lipinski definition) is 5. The van der Waals surface area contributed by atoms with E-state index >= 15 is 0 Å². The molecule has 0 radical (unpaired) electrons. The van der Waals surface area contributed by atoms with Crippen LogP contribution in [-0.4, -0.2) is 41.1 Å². The van der Waals surface area contributed by atoms with E-state index in [1.807, 2.05) is 42.5 Å². The molecule has 1 saturated carbocycles. The smallest absolute Gasteiger partial charge is 0.324 e. The number of ether oxygens (including phenoxy) is 2. The third kappa shape index (κ3) is 4.82. The van der Waals surface area contributed by atoms with Gasteiger partial charge in [-0.15, -0.1) is 0 Å². The fourth-order valence-corrected chi connectivity index (χ4v) is 11.0. The van der Waals surface area contributed by atoms with Gasteiger partial charge in [0, 0.05) is 12.0 Å². The summed E-state index contributed by atoms with van der Waals surface area (Å²) in [7, 11) is -0.276. The number of carbonyl (C=O) groups is 2. The van der Waals surface area contributed by atoms with Crippen LogP contribution in [0, 0.1) is 5.41 Å². The molecule has 4 rings (SSSR count). The number of hydrogen-bond donors (Lipinski definition) is 0. The number of methoxy groups -OCH3 is 2. The van der Waals surface area contributed by atoms with Gasteiger partial charge in [0.1, 0.15) is 0 Å². The average Bonchev–Trinajstić information content (AvgIpc) is 3.63. The maximum atomic E-state index is 13.2. The lowest BCUT2D eigenvalue weighted by atomic mass is 9.83. The summed E-state index contributed by atoms with van der Waals surface area (Å²) in [5.74, 6) is -1.27. The van der Waals surface area contributed by atoms with Gasteiger partial charge in [0.2, 0.25) is 0 Å². The molecule has 39 heavy (non-hydrogen) atoms. The van der Waals surface area contributed by atoms with E-state index in [9.17, 15) is 9.59 Å². The Morgan fingerprint density at radius 2 is 1.33 bits per heavy atom. The lowest BCUT2D eigenvalue weighted by molar-refractivity contribution is -0.162. The highest BCUT2D eigenvalue weighted by Gasteiger charge is 2.78. The Morgan fingerprint density at radius 3 is 1.77 bits per heavy atom. The third-order valence-corrected chi connectivity index (χ3v) is 13.8. The average molecular weight is 586 g/mol. The van der Waals surface area contributed by atoms with Crippen LogP contribution in [0.15, 0.2) is 78.9 Å². The highest BCUT2D eigenvalue weighted by atomic mass is 35.5. The van der Waals surface area contributed by atoms with E-state index < -0.39 is 31.1 Å². The zero-order valence-corrected chi connectivity index (χ0v) is 25.4. The van der Waals surface area contributed by atoms with E-state index in [1.54, 1.807) is 12.1 Å². The summed E-state index contributed by atoms with van der Waals surface area (Å²) < 4.78 is 17.4. The third-order valence-electron chi connectivity index (χ3n) is 8.06. The first-order valence-electron chi connectivity index (χ1n) is 12.9. The van der Waals surface area contributed by atoms with E-state index in [0.29, 0.717) is 23.1 Å². The van der Waals surface area contributed by atoms with Crippen LogP contribution in [0.3, 0.4) is 0 Å². The summed E-state index contributed by atoms with van der Waals surface area (Å²) in [4.78, 5) is 26.4. The number of esters is 2. The molecule has 0 saturated heterocycles. The first kappa shape index (κ1) is 29.3. The molecule has 0 bridgehead atoms. The first-order valence-corrected chi connectivity index (χ1v) is 15.5. The van der Waals surface area contributed by atoms with Crippen molar-refractivity contribution in [2.45, 2.75) is 44.1 Å². The van der Waals surface area contributed by atoms with Crippen molar-refractivity contribution in [2.24, 2.45) is 5.41 Å². The lowest BCUT2D eigenvalue weighted by Gasteiger charge is -2.43. The molecule has 3 aromatic rings. The molecule has 1 atom stereocenters. The van der Waals surface area contributed by atoms with Crippen LogP contribution in [0.2, 0.25) is 15.1 Å². The predicted molar refractivity (Wildman–Crippen MR) is 157 cm³/mol. The Balaban J connectivity index is 1.80. The summed E-state index contributed by atoms with van der Waals surface area (Å²) in [6.45, 7) is 6.91. The molecular formula is C31H34Cl2O5Si. The van der Waals surface area contributed by atoms with Gasteiger partial charge in [-0.3, -0.25) is 9.59 Å². The minimum Gasteiger partial charge on any atom is -0.468 e. The van der Waals surface area contributed by atoms with Gasteiger partial charge in [0.25, 0.3) is 8.32 Å². The lowest BCUT2D eigenvalue weighted by Crippen LogP contribution is -2.66. The number of carbonyl (C=O) groups excluding carboxylic acids is 2. The molecule has 0 N–H and O–H groups in total. The van der Waals surface area contributed by atoms with Gasteiger partial charge >= 0.3 is 11.9 Å². The van der Waals surface area contributed by atoms with Gasteiger partial charge in [-0.1, -0.05) is 111 Å². The molecule has 1 fully saturated rings. The molecule has 3 aromatic carbocycles. The van der Waals surface area contributed by atoms with Gasteiger partial charge in [-0.25, -0.2) is 0 Å². The fourth-order valence-electron chi connectivity index (χ4n) is 6.10. The molecule has 1 aliphatic carbocycles. The number of halogens is 2. The Bertz CT molecular complexity index is 1280.